The van der Waals surface area contributed by atoms with Crippen LogP contribution in [0.1, 0.15) is 22.8 Å². The van der Waals surface area contributed by atoms with Crippen LogP contribution in [0.25, 0.3) is 0 Å². The second-order valence-electron chi connectivity index (χ2n) is 4.76. The lowest BCUT2D eigenvalue weighted by atomic mass is 10.2. The Kier molecular flexibility index (Phi) is 5.91. The minimum Gasteiger partial charge on any atom is -0.867 e. The van der Waals surface area contributed by atoms with Crippen molar-refractivity contribution in [2.24, 2.45) is 5.10 Å². The van der Waals surface area contributed by atoms with Gasteiger partial charge in [0.1, 0.15) is 5.75 Å². The zero-order valence-corrected chi connectivity index (χ0v) is 13.8. The molecule has 0 atom stereocenters. The Morgan fingerprint density at radius 1 is 1.36 bits per heavy atom. The molecule has 2 rings (SSSR count). The topological polar surface area (TPSA) is 117 Å². The number of hydrogen-bond donors (Lipinski definition) is 1. The van der Waals surface area contributed by atoms with E-state index < -0.39 is 22.3 Å². The second-order valence-corrected chi connectivity index (χ2v) is 5.19. The number of halogens is 1. The zero-order valence-electron chi connectivity index (χ0n) is 13.1. The Morgan fingerprint density at radius 2 is 2.04 bits per heavy atom. The Balaban J connectivity index is 2.10. The van der Waals surface area contributed by atoms with Crippen molar-refractivity contribution in [2.75, 3.05) is 6.61 Å². The summed E-state index contributed by atoms with van der Waals surface area (Å²) in [5.74, 6) is -0.721. The number of hydrogen-bond acceptors (Lipinski definition) is 6. The number of carbonyl (C=O) groups is 1. The molecule has 0 bridgehead atoms. The normalized spacial score (nSPS) is 10.6. The van der Waals surface area contributed by atoms with E-state index in [4.69, 9.17) is 16.3 Å². The standard InChI is InChI=1S/C16H14ClN3O5/c1-2-25-13-5-3-10(4-6-13)16(22)19-18-9-11-7-12(17)8-14(15(11)21)20(23)24/h3-9,21H,2H2,1H3,(H,19,22)/p-1/b18-9-. The number of nitrogens with zero attached hydrogens (tertiary/aromatic N) is 2. The lowest BCUT2D eigenvalue weighted by molar-refractivity contribution is -0.398. The summed E-state index contributed by atoms with van der Waals surface area (Å²) < 4.78 is 5.27. The number of rotatable bonds is 6. The van der Waals surface area contributed by atoms with Crippen LogP contribution < -0.4 is 15.3 Å². The van der Waals surface area contributed by atoms with Gasteiger partial charge in [-0.3, -0.25) is 14.9 Å². The van der Waals surface area contributed by atoms with Crippen LogP contribution in [-0.2, 0) is 0 Å². The first-order valence-electron chi connectivity index (χ1n) is 7.13. The molecule has 0 aromatic heterocycles. The molecule has 2 aromatic rings. The van der Waals surface area contributed by atoms with E-state index in [0.717, 1.165) is 12.3 Å². The number of benzene rings is 2. The molecule has 0 saturated heterocycles. The van der Waals surface area contributed by atoms with E-state index in [-0.39, 0.29) is 10.6 Å². The van der Waals surface area contributed by atoms with Gasteiger partial charge in [0.05, 0.1) is 17.7 Å². The van der Waals surface area contributed by atoms with Gasteiger partial charge in [0.25, 0.3) is 11.6 Å². The van der Waals surface area contributed by atoms with Crippen molar-refractivity contribution in [1.29, 1.82) is 0 Å². The molecule has 0 aliphatic carbocycles. The second kappa shape index (κ2) is 8.11. The van der Waals surface area contributed by atoms with E-state index >= 15 is 0 Å². The lowest BCUT2D eigenvalue weighted by Crippen LogP contribution is -2.17. The average molecular weight is 363 g/mol. The maximum atomic E-state index is 12.0. The van der Waals surface area contributed by atoms with E-state index in [1.807, 2.05) is 6.92 Å². The van der Waals surface area contributed by atoms with Crippen molar-refractivity contribution in [3.63, 3.8) is 0 Å². The van der Waals surface area contributed by atoms with Crippen LogP contribution in [0, 0.1) is 10.1 Å². The summed E-state index contributed by atoms with van der Waals surface area (Å²) in [4.78, 5) is 21.9. The van der Waals surface area contributed by atoms with Crippen LogP contribution in [0.15, 0.2) is 41.5 Å². The fourth-order valence-electron chi connectivity index (χ4n) is 1.93. The predicted octanol–water partition coefficient (Wildman–Crippen LogP) is 2.48. The zero-order chi connectivity index (χ0) is 18.4. The van der Waals surface area contributed by atoms with Crippen molar-refractivity contribution in [1.82, 2.24) is 5.43 Å². The molecule has 0 fully saturated rings. The number of nitro groups is 1. The summed E-state index contributed by atoms with van der Waals surface area (Å²) >= 11 is 5.74. The van der Waals surface area contributed by atoms with Crippen molar-refractivity contribution in [3.8, 4) is 11.5 Å². The first-order valence-corrected chi connectivity index (χ1v) is 7.51. The van der Waals surface area contributed by atoms with Crippen molar-refractivity contribution < 1.29 is 19.6 Å². The highest BCUT2D eigenvalue weighted by molar-refractivity contribution is 6.31. The minimum absolute atomic E-state index is 0.0191. The van der Waals surface area contributed by atoms with Gasteiger partial charge >= 0.3 is 0 Å². The molecule has 0 aliphatic heterocycles. The fraction of sp³-hybridized carbons (Fsp3) is 0.125. The van der Waals surface area contributed by atoms with Gasteiger partial charge in [-0.15, -0.1) is 0 Å². The van der Waals surface area contributed by atoms with Gasteiger partial charge in [0, 0.05) is 16.7 Å². The molecule has 2 aromatic carbocycles. The van der Waals surface area contributed by atoms with Gasteiger partial charge in [-0.25, -0.2) is 5.43 Å². The Hall–Kier alpha value is -3.13. The van der Waals surface area contributed by atoms with Crippen LogP contribution in [0.5, 0.6) is 11.5 Å². The number of ether oxygens (including phenoxy) is 1. The van der Waals surface area contributed by atoms with Crippen LogP contribution in [0.2, 0.25) is 5.02 Å². The van der Waals surface area contributed by atoms with Crippen LogP contribution in [-0.4, -0.2) is 23.7 Å². The number of carbonyl (C=O) groups excluding carboxylic acids is 1. The third-order valence-electron chi connectivity index (χ3n) is 3.06. The third kappa shape index (κ3) is 4.67. The molecule has 1 N–H and O–H groups in total. The fourth-order valence-corrected chi connectivity index (χ4v) is 2.15. The minimum atomic E-state index is -0.839. The first-order chi connectivity index (χ1) is 11.9. The van der Waals surface area contributed by atoms with Crippen molar-refractivity contribution in [3.05, 3.63) is 62.7 Å². The maximum absolute atomic E-state index is 12.0. The number of nitrogens with one attached hydrogen (secondary N) is 1. The molecule has 0 saturated carbocycles. The highest BCUT2D eigenvalue weighted by Crippen LogP contribution is 2.29. The highest BCUT2D eigenvalue weighted by Gasteiger charge is 2.11. The monoisotopic (exact) mass is 362 g/mol. The van der Waals surface area contributed by atoms with Crippen molar-refractivity contribution >= 4 is 29.4 Å². The summed E-state index contributed by atoms with van der Waals surface area (Å²) in [7, 11) is 0. The van der Waals surface area contributed by atoms with Gasteiger partial charge in [-0.2, -0.15) is 5.10 Å². The van der Waals surface area contributed by atoms with E-state index in [2.05, 4.69) is 10.5 Å². The first kappa shape index (κ1) is 18.2. The predicted molar refractivity (Wildman–Crippen MR) is 90.2 cm³/mol. The SMILES string of the molecule is CCOc1ccc(C(=O)N/N=C\c2cc(Cl)cc([N+](=O)[O-])c2[O-])cc1. The van der Waals surface area contributed by atoms with Gasteiger partial charge in [0.2, 0.25) is 0 Å². The molecule has 8 nitrogen and oxygen atoms in total. The Labute approximate surface area is 147 Å². The molecule has 0 spiro atoms. The molecule has 1 amide bonds. The van der Waals surface area contributed by atoms with Crippen molar-refractivity contribution in [2.45, 2.75) is 6.92 Å². The molecule has 25 heavy (non-hydrogen) atoms. The van der Waals surface area contributed by atoms with E-state index in [0.29, 0.717) is 17.9 Å². The number of hydrazone groups is 1. The molecular formula is C16H13ClN3O5-. The van der Waals surface area contributed by atoms with E-state index in [1.54, 1.807) is 24.3 Å². The van der Waals surface area contributed by atoms with Gasteiger partial charge in [0.15, 0.2) is 0 Å². The molecule has 0 heterocycles. The molecule has 0 aliphatic rings. The number of nitro benzene ring substituents is 1. The molecule has 0 radical (unpaired) electrons. The summed E-state index contributed by atoms with van der Waals surface area (Å²) in [6.07, 6.45) is 1.01. The smallest absolute Gasteiger partial charge is 0.271 e. The van der Waals surface area contributed by atoms with E-state index in [1.165, 1.54) is 6.07 Å². The van der Waals surface area contributed by atoms with Gasteiger partial charge < -0.3 is 9.84 Å². The Bertz CT molecular complexity index is 821. The molecule has 0 unspecified atom stereocenters. The molecule has 130 valence electrons. The average Bonchev–Trinajstić information content (AvgIpc) is 2.58. The van der Waals surface area contributed by atoms with Gasteiger partial charge in [-0.1, -0.05) is 11.6 Å². The van der Waals surface area contributed by atoms with E-state index in [9.17, 15) is 20.0 Å². The summed E-state index contributed by atoms with van der Waals surface area (Å²) in [6.45, 7) is 2.36. The van der Waals surface area contributed by atoms with Crippen LogP contribution >= 0.6 is 11.6 Å². The largest absolute Gasteiger partial charge is 0.867 e. The summed E-state index contributed by atoms with van der Waals surface area (Å²) in [6, 6.07) is 8.57. The van der Waals surface area contributed by atoms with Crippen LogP contribution in [0.3, 0.4) is 0 Å². The lowest BCUT2D eigenvalue weighted by Gasteiger charge is -2.10. The van der Waals surface area contributed by atoms with Crippen LogP contribution in [0.4, 0.5) is 5.69 Å². The summed E-state index contributed by atoms with van der Waals surface area (Å²) in [5.41, 5.74) is 1.80. The number of amides is 1. The summed E-state index contributed by atoms with van der Waals surface area (Å²) in [5, 5.41) is 26.3. The van der Waals surface area contributed by atoms with Gasteiger partial charge in [-0.05, 0) is 48.6 Å². The highest BCUT2D eigenvalue weighted by atomic mass is 35.5. The quantitative estimate of drug-likeness (QED) is 0.481. The molecule has 9 heteroatoms. The maximum Gasteiger partial charge on any atom is 0.271 e. The Morgan fingerprint density at radius 3 is 2.64 bits per heavy atom. The molecular weight excluding hydrogens is 350 g/mol. The third-order valence-corrected chi connectivity index (χ3v) is 3.27.